The zero-order valence-corrected chi connectivity index (χ0v) is 24.7. The molecule has 3 atom stereocenters. The van der Waals surface area contributed by atoms with Gasteiger partial charge in [-0.1, -0.05) is 27.7 Å². The quantitative estimate of drug-likeness (QED) is 0.273. The number of anilines is 2. The first-order valence-electron chi connectivity index (χ1n) is 12.0. The van der Waals surface area contributed by atoms with Crippen LogP contribution in [0.5, 0.6) is 0 Å². The molecule has 0 unspecified atom stereocenters. The highest BCUT2D eigenvalue weighted by molar-refractivity contribution is 6.74. The van der Waals surface area contributed by atoms with E-state index >= 15 is 0 Å². The first kappa shape index (κ1) is 34.7. The molecule has 1 aliphatic heterocycles. The third-order valence-electron chi connectivity index (χ3n) is 5.99. The van der Waals surface area contributed by atoms with Gasteiger partial charge in [-0.05, 0) is 45.0 Å². The van der Waals surface area contributed by atoms with Gasteiger partial charge < -0.3 is 45.5 Å². The Balaban J connectivity index is 0.00000150. The number of hydrogen-bond donors (Lipinski definition) is 6. The van der Waals surface area contributed by atoms with E-state index in [1.807, 2.05) is 26.8 Å². The fourth-order valence-electron chi connectivity index (χ4n) is 3.45. The van der Waals surface area contributed by atoms with E-state index < -0.39 is 32.3 Å². The van der Waals surface area contributed by atoms with Crippen LogP contribution < -0.4 is 16.0 Å². The molecule has 1 aliphatic rings. The highest BCUT2D eigenvalue weighted by atomic mass is 28.4. The molecule has 38 heavy (non-hydrogen) atoms. The standard InChI is InChI=1S/C22H40N4O3Si.2CH2O3/c1-15-13-26(18-10-11-24-12-16(18)23)14-17(25-20(27)28-21(2,3)4)19(15)29-30(8,9)22(5,6)7;2*2-1(3)4/h10-12,15,17,19H,13-14,23H2,1-9H3,(H,25,27);2*(H2,2,3,4)/t15-,17+,19+;;/m0../s1. The monoisotopic (exact) mass is 560 g/mol. The van der Waals surface area contributed by atoms with E-state index in [0.717, 1.165) is 12.2 Å². The maximum atomic E-state index is 12.6. The number of amides is 1. The summed E-state index contributed by atoms with van der Waals surface area (Å²) in [6, 6.07) is 1.70. The number of alkyl carbamates (subject to hydrolysis) is 1. The van der Waals surface area contributed by atoms with Gasteiger partial charge in [-0.3, -0.25) is 4.98 Å². The largest absolute Gasteiger partial charge is 0.503 e. The Bertz CT molecular complexity index is 912. The summed E-state index contributed by atoms with van der Waals surface area (Å²) in [6.07, 6.45) is -0.787. The summed E-state index contributed by atoms with van der Waals surface area (Å²) in [5.41, 5.74) is 7.18. The first-order valence-corrected chi connectivity index (χ1v) is 14.9. The Morgan fingerprint density at radius 3 is 1.97 bits per heavy atom. The lowest BCUT2D eigenvalue weighted by Crippen LogP contribution is -2.62. The van der Waals surface area contributed by atoms with Gasteiger partial charge in [0.25, 0.3) is 0 Å². The van der Waals surface area contributed by atoms with Crippen LogP contribution >= 0.6 is 0 Å². The minimum absolute atomic E-state index is 0.0792. The van der Waals surface area contributed by atoms with Crippen molar-refractivity contribution < 1.29 is 44.0 Å². The molecule has 2 rings (SSSR count). The molecule has 0 spiro atoms. The van der Waals surface area contributed by atoms with Crippen molar-refractivity contribution in [2.75, 3.05) is 23.7 Å². The highest BCUT2D eigenvalue weighted by Gasteiger charge is 2.45. The normalized spacial score (nSPS) is 19.6. The minimum Gasteiger partial charge on any atom is -0.450 e. The summed E-state index contributed by atoms with van der Waals surface area (Å²) in [5.74, 6) is 0.195. The number of carbonyl (C=O) groups is 3. The number of carbonyl (C=O) groups excluding carboxylic acids is 1. The SMILES string of the molecule is C[C@H]1CN(c2ccncc2N)C[C@@H](NC(=O)OC(C)(C)C)[C@@H]1O[Si](C)(C)C(C)(C)C.O=C(O)O.O=C(O)O. The fourth-order valence-corrected chi connectivity index (χ4v) is 4.88. The van der Waals surface area contributed by atoms with Crippen molar-refractivity contribution in [3.8, 4) is 0 Å². The van der Waals surface area contributed by atoms with Crippen molar-refractivity contribution in [1.82, 2.24) is 10.3 Å². The predicted molar refractivity (Wildman–Crippen MR) is 147 cm³/mol. The number of nitrogens with two attached hydrogens (primary N) is 1. The molecule has 0 saturated carbocycles. The van der Waals surface area contributed by atoms with Crippen LogP contribution in [0.3, 0.4) is 0 Å². The smallest absolute Gasteiger partial charge is 0.450 e. The number of carboxylic acid groups (broad SMARTS) is 4. The minimum atomic E-state index is -2.03. The average molecular weight is 561 g/mol. The molecule has 0 aliphatic carbocycles. The molecular weight excluding hydrogens is 516 g/mol. The van der Waals surface area contributed by atoms with Crippen LogP contribution in [0.15, 0.2) is 18.5 Å². The number of piperidine rings is 1. The summed E-state index contributed by atoms with van der Waals surface area (Å²) in [4.78, 5) is 36.0. The third-order valence-corrected chi connectivity index (χ3v) is 10.5. The van der Waals surface area contributed by atoms with Crippen molar-refractivity contribution in [3.05, 3.63) is 18.5 Å². The topological polar surface area (TPSA) is 205 Å². The number of nitrogen functional groups attached to an aromatic ring is 1. The van der Waals surface area contributed by atoms with Crippen LogP contribution in [0.2, 0.25) is 18.1 Å². The zero-order valence-electron chi connectivity index (χ0n) is 23.7. The zero-order chi connectivity index (χ0) is 30.1. The Hall–Kier alpha value is -3.26. The summed E-state index contributed by atoms with van der Waals surface area (Å²) in [7, 11) is -2.03. The maximum absolute atomic E-state index is 12.6. The second kappa shape index (κ2) is 14.0. The van der Waals surface area contributed by atoms with Crippen molar-refractivity contribution in [2.45, 2.75) is 84.3 Å². The van der Waals surface area contributed by atoms with E-state index in [4.69, 9.17) is 44.9 Å². The summed E-state index contributed by atoms with van der Waals surface area (Å²) < 4.78 is 12.4. The second-order valence-corrected chi connectivity index (χ2v) is 16.2. The van der Waals surface area contributed by atoms with Gasteiger partial charge in [0, 0.05) is 25.2 Å². The van der Waals surface area contributed by atoms with Crippen LogP contribution in [0.4, 0.5) is 25.8 Å². The van der Waals surface area contributed by atoms with E-state index in [9.17, 15) is 4.79 Å². The number of hydrogen-bond acceptors (Lipinski definition) is 8. The number of rotatable bonds is 4. The van der Waals surface area contributed by atoms with Crippen molar-refractivity contribution in [1.29, 1.82) is 0 Å². The Labute approximate surface area is 225 Å². The summed E-state index contributed by atoms with van der Waals surface area (Å²) in [6.45, 7) is 20.3. The number of nitrogens with one attached hydrogen (secondary N) is 1. The van der Waals surface area contributed by atoms with Crippen LogP contribution in [0.1, 0.15) is 48.5 Å². The third kappa shape index (κ3) is 12.8. The van der Waals surface area contributed by atoms with Crippen molar-refractivity contribution in [2.24, 2.45) is 5.92 Å². The molecule has 2 heterocycles. The molecule has 0 bridgehead atoms. The van der Waals surface area contributed by atoms with Gasteiger partial charge in [0.05, 0.1) is 29.7 Å². The Kier molecular flexibility index (Phi) is 12.8. The molecule has 14 heteroatoms. The van der Waals surface area contributed by atoms with Gasteiger partial charge in [-0.2, -0.15) is 0 Å². The number of nitrogens with zero attached hydrogens (tertiary/aromatic N) is 2. The fraction of sp³-hybridized carbons (Fsp3) is 0.667. The lowest BCUT2D eigenvalue weighted by atomic mass is 9.92. The van der Waals surface area contributed by atoms with Crippen molar-refractivity contribution in [3.63, 3.8) is 0 Å². The average Bonchev–Trinajstić information content (AvgIpc) is 2.67. The van der Waals surface area contributed by atoms with Crippen LogP contribution in [0.25, 0.3) is 0 Å². The molecule has 218 valence electrons. The van der Waals surface area contributed by atoms with E-state index in [2.05, 4.69) is 56.0 Å². The predicted octanol–water partition coefficient (Wildman–Crippen LogP) is 4.85. The van der Waals surface area contributed by atoms with Gasteiger partial charge in [-0.25, -0.2) is 14.4 Å². The van der Waals surface area contributed by atoms with Crippen LogP contribution in [-0.4, -0.2) is 83.0 Å². The summed E-state index contributed by atoms with van der Waals surface area (Å²) >= 11 is 0. The van der Waals surface area contributed by atoms with E-state index in [-0.39, 0.29) is 23.1 Å². The Morgan fingerprint density at radius 2 is 1.55 bits per heavy atom. The lowest BCUT2D eigenvalue weighted by molar-refractivity contribution is 0.0336. The molecule has 1 aromatic rings. The first-order chi connectivity index (χ1) is 17.1. The highest BCUT2D eigenvalue weighted by Crippen LogP contribution is 2.40. The summed E-state index contributed by atoms with van der Waals surface area (Å²) in [5, 5.41) is 31.1. The molecule has 7 N–H and O–H groups in total. The number of aromatic nitrogens is 1. The van der Waals surface area contributed by atoms with Gasteiger partial charge in [-0.15, -0.1) is 0 Å². The second-order valence-electron chi connectivity index (χ2n) is 11.5. The number of ether oxygens (including phenoxy) is 1. The number of pyridine rings is 1. The lowest BCUT2D eigenvalue weighted by Gasteiger charge is -2.48. The molecule has 1 aromatic heterocycles. The van der Waals surface area contributed by atoms with Gasteiger partial charge in [0.15, 0.2) is 8.32 Å². The molecule has 1 saturated heterocycles. The van der Waals surface area contributed by atoms with Gasteiger partial charge in [0.1, 0.15) is 5.60 Å². The van der Waals surface area contributed by atoms with Gasteiger partial charge >= 0.3 is 18.4 Å². The molecule has 0 aromatic carbocycles. The Morgan fingerprint density at radius 1 is 1.05 bits per heavy atom. The molecule has 0 radical (unpaired) electrons. The van der Waals surface area contributed by atoms with Gasteiger partial charge in [0.2, 0.25) is 0 Å². The molecule has 1 amide bonds. The van der Waals surface area contributed by atoms with Crippen LogP contribution in [0, 0.1) is 5.92 Å². The van der Waals surface area contributed by atoms with E-state index in [1.54, 1.807) is 12.4 Å². The molecular formula is C24H44N4O9Si. The van der Waals surface area contributed by atoms with E-state index in [1.165, 1.54) is 0 Å². The van der Waals surface area contributed by atoms with E-state index in [0.29, 0.717) is 12.2 Å². The molecule has 13 nitrogen and oxygen atoms in total. The van der Waals surface area contributed by atoms with Crippen LogP contribution in [-0.2, 0) is 9.16 Å². The van der Waals surface area contributed by atoms with Crippen molar-refractivity contribution >= 4 is 38.1 Å². The molecule has 1 fully saturated rings. The maximum Gasteiger partial charge on any atom is 0.503 e.